The number of nitrogens with zero attached hydrogens (tertiary/aromatic N) is 1. The SMILES string of the molecule is CC(C)c1ccc(S(=O)(=O)Cc2cc(N3CCC(NC(=O)OC(C)(C)C)CC3)ccc2N)cc1. The molecule has 1 saturated heterocycles. The molecule has 7 nitrogen and oxygen atoms in total. The summed E-state index contributed by atoms with van der Waals surface area (Å²) in [6.45, 7) is 11.2. The fourth-order valence-electron chi connectivity index (χ4n) is 4.02. The van der Waals surface area contributed by atoms with Crippen LogP contribution < -0.4 is 16.0 Å². The molecule has 3 rings (SSSR count). The zero-order valence-corrected chi connectivity index (χ0v) is 21.6. The van der Waals surface area contributed by atoms with Crippen molar-refractivity contribution in [1.29, 1.82) is 0 Å². The van der Waals surface area contributed by atoms with Crippen molar-refractivity contribution in [3.63, 3.8) is 0 Å². The summed E-state index contributed by atoms with van der Waals surface area (Å²) in [6, 6.07) is 12.7. The van der Waals surface area contributed by atoms with Crippen molar-refractivity contribution in [1.82, 2.24) is 5.32 Å². The second-order valence-corrected chi connectivity index (χ2v) is 12.3. The fraction of sp³-hybridized carbons (Fsp3) is 0.500. The molecule has 0 bridgehead atoms. The van der Waals surface area contributed by atoms with Crippen LogP contribution in [0.2, 0.25) is 0 Å². The highest BCUT2D eigenvalue weighted by molar-refractivity contribution is 7.90. The Kier molecular flexibility index (Phi) is 7.81. The monoisotopic (exact) mass is 487 g/mol. The average molecular weight is 488 g/mol. The summed E-state index contributed by atoms with van der Waals surface area (Å²) in [6.07, 6.45) is 1.16. The number of nitrogens with one attached hydrogen (secondary N) is 1. The van der Waals surface area contributed by atoms with E-state index in [0.29, 0.717) is 22.1 Å². The van der Waals surface area contributed by atoms with Crippen LogP contribution >= 0.6 is 0 Å². The van der Waals surface area contributed by atoms with Crippen LogP contribution in [0.5, 0.6) is 0 Å². The molecule has 186 valence electrons. The van der Waals surface area contributed by atoms with E-state index in [2.05, 4.69) is 24.1 Å². The van der Waals surface area contributed by atoms with Crippen LogP contribution in [0.4, 0.5) is 16.2 Å². The Morgan fingerprint density at radius 1 is 1.12 bits per heavy atom. The smallest absolute Gasteiger partial charge is 0.407 e. The largest absolute Gasteiger partial charge is 0.444 e. The van der Waals surface area contributed by atoms with Gasteiger partial charge in [0.25, 0.3) is 0 Å². The molecule has 1 heterocycles. The Morgan fingerprint density at radius 2 is 1.74 bits per heavy atom. The van der Waals surface area contributed by atoms with Gasteiger partial charge in [-0.05, 0) is 81.0 Å². The number of carbonyl (C=O) groups excluding carboxylic acids is 1. The molecule has 0 aromatic heterocycles. The van der Waals surface area contributed by atoms with Crippen molar-refractivity contribution >= 4 is 27.3 Å². The van der Waals surface area contributed by atoms with E-state index in [1.807, 2.05) is 45.0 Å². The minimum atomic E-state index is -3.52. The summed E-state index contributed by atoms with van der Waals surface area (Å²) >= 11 is 0. The average Bonchev–Trinajstić information content (AvgIpc) is 2.74. The molecular weight excluding hydrogens is 450 g/mol. The van der Waals surface area contributed by atoms with Gasteiger partial charge >= 0.3 is 6.09 Å². The number of benzene rings is 2. The summed E-state index contributed by atoms with van der Waals surface area (Å²) in [7, 11) is -3.52. The molecule has 3 N–H and O–H groups in total. The molecule has 8 heteroatoms. The normalized spacial score (nSPS) is 15.4. The number of piperidine rings is 1. The van der Waals surface area contributed by atoms with Crippen LogP contribution in [0.15, 0.2) is 47.4 Å². The molecule has 0 radical (unpaired) electrons. The molecule has 34 heavy (non-hydrogen) atoms. The molecular formula is C26H37N3O4S. The van der Waals surface area contributed by atoms with Gasteiger partial charge in [-0.2, -0.15) is 0 Å². The van der Waals surface area contributed by atoms with E-state index in [4.69, 9.17) is 10.5 Å². The van der Waals surface area contributed by atoms with Crippen molar-refractivity contribution < 1.29 is 17.9 Å². The van der Waals surface area contributed by atoms with Gasteiger partial charge in [-0.25, -0.2) is 13.2 Å². The Labute approximate surface area is 203 Å². The third kappa shape index (κ3) is 6.88. The molecule has 0 unspecified atom stereocenters. The Balaban J connectivity index is 1.66. The molecule has 1 aliphatic heterocycles. The van der Waals surface area contributed by atoms with Gasteiger partial charge in [0.05, 0.1) is 10.6 Å². The van der Waals surface area contributed by atoms with E-state index in [9.17, 15) is 13.2 Å². The molecule has 0 spiro atoms. The second-order valence-electron chi connectivity index (χ2n) is 10.3. The number of rotatable bonds is 6. The van der Waals surface area contributed by atoms with Crippen LogP contribution in [0.1, 0.15) is 64.5 Å². The van der Waals surface area contributed by atoms with Gasteiger partial charge in [0, 0.05) is 30.5 Å². The van der Waals surface area contributed by atoms with Crippen molar-refractivity contribution in [2.75, 3.05) is 23.7 Å². The number of ether oxygens (including phenoxy) is 1. The predicted octanol–water partition coefficient (Wildman–Crippen LogP) is 4.86. The maximum absolute atomic E-state index is 13.0. The van der Waals surface area contributed by atoms with Crippen molar-refractivity contribution in [2.24, 2.45) is 0 Å². The van der Waals surface area contributed by atoms with Gasteiger partial charge in [0.1, 0.15) is 5.60 Å². The number of amides is 1. The summed E-state index contributed by atoms with van der Waals surface area (Å²) < 4.78 is 31.4. The number of hydrogen-bond donors (Lipinski definition) is 2. The number of sulfone groups is 1. The minimum absolute atomic E-state index is 0.0496. The van der Waals surface area contributed by atoms with E-state index in [-0.39, 0.29) is 11.8 Å². The Hall–Kier alpha value is -2.74. The first-order chi connectivity index (χ1) is 15.8. The minimum Gasteiger partial charge on any atom is -0.444 e. The van der Waals surface area contributed by atoms with Crippen LogP contribution in [-0.2, 0) is 20.3 Å². The van der Waals surface area contributed by atoms with Crippen LogP contribution in [0, 0.1) is 0 Å². The third-order valence-electron chi connectivity index (χ3n) is 5.96. The number of hydrogen-bond acceptors (Lipinski definition) is 6. The van der Waals surface area contributed by atoms with Gasteiger partial charge in [-0.3, -0.25) is 0 Å². The molecule has 1 aliphatic rings. The third-order valence-corrected chi connectivity index (χ3v) is 7.64. The van der Waals surface area contributed by atoms with E-state index in [1.165, 1.54) is 0 Å². The van der Waals surface area contributed by atoms with Crippen LogP contribution in [-0.4, -0.2) is 39.2 Å². The quantitative estimate of drug-likeness (QED) is 0.564. The van der Waals surface area contributed by atoms with Crippen molar-refractivity contribution in [2.45, 2.75) is 75.7 Å². The standard InChI is InChI=1S/C26H37N3O4S/c1-18(2)19-6-9-23(10-7-19)34(31,32)17-20-16-22(8-11-24(20)27)29-14-12-21(13-15-29)28-25(30)33-26(3,4)5/h6-11,16,18,21H,12-15,17,27H2,1-5H3,(H,28,30). The summed E-state index contributed by atoms with van der Waals surface area (Å²) in [4.78, 5) is 14.5. The topological polar surface area (TPSA) is 102 Å². The number of nitrogens with two attached hydrogens (primary N) is 1. The molecule has 0 atom stereocenters. The lowest BCUT2D eigenvalue weighted by atomic mass is 10.0. The van der Waals surface area contributed by atoms with E-state index in [0.717, 1.165) is 37.2 Å². The Bertz CT molecular complexity index is 1100. The fourth-order valence-corrected chi connectivity index (χ4v) is 5.40. The van der Waals surface area contributed by atoms with E-state index in [1.54, 1.807) is 18.2 Å². The number of carbonyl (C=O) groups is 1. The number of alkyl carbamates (subject to hydrolysis) is 1. The predicted molar refractivity (Wildman–Crippen MR) is 137 cm³/mol. The molecule has 1 amide bonds. The lowest BCUT2D eigenvalue weighted by molar-refractivity contribution is 0.0497. The zero-order chi connectivity index (χ0) is 25.1. The zero-order valence-electron chi connectivity index (χ0n) is 20.8. The first kappa shape index (κ1) is 25.9. The van der Waals surface area contributed by atoms with Gasteiger partial charge in [-0.1, -0.05) is 26.0 Å². The summed E-state index contributed by atoms with van der Waals surface area (Å²) in [5.41, 5.74) is 8.72. The Morgan fingerprint density at radius 3 is 2.29 bits per heavy atom. The molecule has 2 aromatic rings. The van der Waals surface area contributed by atoms with Gasteiger partial charge in [0.15, 0.2) is 9.84 Å². The van der Waals surface area contributed by atoms with E-state index < -0.39 is 21.5 Å². The lowest BCUT2D eigenvalue weighted by Crippen LogP contribution is -2.46. The summed E-state index contributed by atoms with van der Waals surface area (Å²) in [5.74, 6) is 0.192. The maximum atomic E-state index is 13.0. The van der Waals surface area contributed by atoms with Crippen molar-refractivity contribution in [3.05, 3.63) is 53.6 Å². The highest BCUT2D eigenvalue weighted by atomic mass is 32.2. The molecule has 0 saturated carbocycles. The van der Waals surface area contributed by atoms with E-state index >= 15 is 0 Å². The molecule has 0 aliphatic carbocycles. The van der Waals surface area contributed by atoms with Crippen LogP contribution in [0.3, 0.4) is 0 Å². The second kappa shape index (κ2) is 10.3. The van der Waals surface area contributed by atoms with Gasteiger partial charge < -0.3 is 20.7 Å². The first-order valence-corrected chi connectivity index (χ1v) is 13.4. The van der Waals surface area contributed by atoms with Gasteiger partial charge in [-0.15, -0.1) is 0 Å². The molecule has 2 aromatic carbocycles. The number of anilines is 2. The van der Waals surface area contributed by atoms with Crippen LogP contribution in [0.25, 0.3) is 0 Å². The summed E-state index contributed by atoms with van der Waals surface area (Å²) in [5, 5.41) is 2.94. The molecule has 1 fully saturated rings. The van der Waals surface area contributed by atoms with Gasteiger partial charge in [0.2, 0.25) is 0 Å². The highest BCUT2D eigenvalue weighted by Gasteiger charge is 2.25. The highest BCUT2D eigenvalue weighted by Crippen LogP contribution is 2.28. The number of nitrogen functional groups attached to an aromatic ring is 1. The van der Waals surface area contributed by atoms with Crippen molar-refractivity contribution in [3.8, 4) is 0 Å². The lowest BCUT2D eigenvalue weighted by Gasteiger charge is -2.34. The first-order valence-electron chi connectivity index (χ1n) is 11.8. The maximum Gasteiger partial charge on any atom is 0.407 e.